The van der Waals surface area contributed by atoms with Gasteiger partial charge in [0.1, 0.15) is 5.75 Å². The number of halogens is 1. The molecule has 26 heavy (non-hydrogen) atoms. The van der Waals surface area contributed by atoms with E-state index in [1.54, 1.807) is 18.2 Å². The summed E-state index contributed by atoms with van der Waals surface area (Å²) in [6.45, 7) is 3.99. The van der Waals surface area contributed by atoms with Crippen molar-refractivity contribution in [3.63, 3.8) is 0 Å². The molecule has 0 saturated carbocycles. The summed E-state index contributed by atoms with van der Waals surface area (Å²) >= 11 is 3.34. The number of nitrogens with one attached hydrogen (secondary N) is 1. The van der Waals surface area contributed by atoms with Crippen LogP contribution in [-0.4, -0.2) is 25.6 Å². The quantitative estimate of drug-likeness (QED) is 0.676. The van der Waals surface area contributed by atoms with Crippen LogP contribution < -0.4 is 10.1 Å². The van der Waals surface area contributed by atoms with Gasteiger partial charge < -0.3 is 14.8 Å². The summed E-state index contributed by atoms with van der Waals surface area (Å²) in [6, 6.07) is 10.8. The standard InChI is InChI=1S/C20H22BrNO4/c1-4-13-7-6-8-14(5-2)19(13)22-18(23)12-26-17-10-9-15(11-16(17)21)20(24)25-3/h6-11H,4-5,12H2,1-3H3,(H,22,23). The molecule has 5 nitrogen and oxygen atoms in total. The maximum Gasteiger partial charge on any atom is 0.337 e. The van der Waals surface area contributed by atoms with Crippen LogP contribution >= 0.6 is 15.9 Å². The number of benzene rings is 2. The van der Waals surface area contributed by atoms with Crippen LogP contribution in [0.25, 0.3) is 0 Å². The van der Waals surface area contributed by atoms with E-state index in [4.69, 9.17) is 4.74 Å². The summed E-state index contributed by atoms with van der Waals surface area (Å²) in [6.07, 6.45) is 1.68. The zero-order chi connectivity index (χ0) is 19.1. The van der Waals surface area contributed by atoms with Crippen LogP contribution in [0.5, 0.6) is 5.75 Å². The minimum Gasteiger partial charge on any atom is -0.483 e. The number of carbonyl (C=O) groups excluding carboxylic acids is 2. The Morgan fingerprint density at radius 2 is 1.73 bits per heavy atom. The normalized spacial score (nSPS) is 10.3. The summed E-state index contributed by atoms with van der Waals surface area (Å²) in [7, 11) is 1.32. The number of aryl methyl sites for hydroxylation is 2. The Kier molecular flexibility index (Phi) is 7.21. The van der Waals surface area contributed by atoms with Gasteiger partial charge in [0.25, 0.3) is 5.91 Å². The number of hydrogen-bond acceptors (Lipinski definition) is 4. The Morgan fingerprint density at radius 1 is 1.08 bits per heavy atom. The second-order valence-corrected chi connectivity index (χ2v) is 6.49. The highest BCUT2D eigenvalue weighted by Gasteiger charge is 2.13. The molecule has 1 N–H and O–H groups in total. The summed E-state index contributed by atoms with van der Waals surface area (Å²) in [5.41, 5.74) is 3.47. The van der Waals surface area contributed by atoms with Crippen molar-refractivity contribution in [2.24, 2.45) is 0 Å². The van der Waals surface area contributed by atoms with Crippen molar-refractivity contribution in [2.45, 2.75) is 26.7 Å². The molecule has 0 saturated heterocycles. The van der Waals surface area contributed by atoms with Crippen LogP contribution in [-0.2, 0) is 22.4 Å². The van der Waals surface area contributed by atoms with Gasteiger partial charge in [-0.2, -0.15) is 0 Å². The number of amides is 1. The number of esters is 1. The SMILES string of the molecule is CCc1cccc(CC)c1NC(=O)COc1ccc(C(=O)OC)cc1Br. The highest BCUT2D eigenvalue weighted by atomic mass is 79.9. The number of ether oxygens (including phenoxy) is 2. The molecule has 0 aliphatic carbocycles. The van der Waals surface area contributed by atoms with Crippen LogP contribution in [0.1, 0.15) is 35.3 Å². The van der Waals surface area contributed by atoms with Gasteiger partial charge in [-0.1, -0.05) is 32.0 Å². The van der Waals surface area contributed by atoms with Gasteiger partial charge in [0.15, 0.2) is 6.61 Å². The monoisotopic (exact) mass is 419 g/mol. The number of para-hydroxylation sites is 1. The third kappa shape index (κ3) is 4.85. The number of carbonyl (C=O) groups is 2. The topological polar surface area (TPSA) is 64.6 Å². The van der Waals surface area contributed by atoms with Gasteiger partial charge in [0.2, 0.25) is 0 Å². The van der Waals surface area contributed by atoms with Crippen LogP contribution in [0.4, 0.5) is 5.69 Å². The van der Waals surface area contributed by atoms with Gasteiger partial charge in [-0.05, 0) is 58.1 Å². The maximum absolute atomic E-state index is 12.3. The molecule has 0 aliphatic heterocycles. The number of anilines is 1. The van der Waals surface area contributed by atoms with Gasteiger partial charge in [-0.3, -0.25) is 4.79 Å². The van der Waals surface area contributed by atoms with Crippen molar-refractivity contribution in [1.82, 2.24) is 0 Å². The Balaban J connectivity index is 2.05. The van der Waals surface area contributed by atoms with Gasteiger partial charge in [0, 0.05) is 5.69 Å². The first-order chi connectivity index (χ1) is 12.5. The Hall–Kier alpha value is -2.34. The van der Waals surface area contributed by atoms with Crippen LogP contribution in [0.15, 0.2) is 40.9 Å². The van der Waals surface area contributed by atoms with Crippen molar-refractivity contribution < 1.29 is 19.1 Å². The van der Waals surface area contributed by atoms with E-state index in [1.807, 2.05) is 18.2 Å². The Morgan fingerprint density at radius 3 is 2.27 bits per heavy atom. The molecule has 2 rings (SSSR count). The highest BCUT2D eigenvalue weighted by Crippen LogP contribution is 2.27. The summed E-state index contributed by atoms with van der Waals surface area (Å²) in [5, 5.41) is 2.96. The zero-order valence-corrected chi connectivity index (χ0v) is 16.7. The highest BCUT2D eigenvalue weighted by molar-refractivity contribution is 9.10. The van der Waals surface area contributed by atoms with E-state index in [2.05, 4.69) is 39.8 Å². The predicted octanol–water partition coefficient (Wildman–Crippen LogP) is 4.38. The largest absolute Gasteiger partial charge is 0.483 e. The molecule has 0 radical (unpaired) electrons. The first-order valence-electron chi connectivity index (χ1n) is 8.41. The fraction of sp³-hybridized carbons (Fsp3) is 0.300. The van der Waals surface area contributed by atoms with Gasteiger partial charge in [-0.15, -0.1) is 0 Å². The fourth-order valence-corrected chi connectivity index (χ4v) is 3.08. The predicted molar refractivity (Wildman–Crippen MR) is 105 cm³/mol. The molecular weight excluding hydrogens is 398 g/mol. The lowest BCUT2D eigenvalue weighted by molar-refractivity contribution is -0.118. The van der Waals surface area contributed by atoms with E-state index in [0.29, 0.717) is 15.8 Å². The average molecular weight is 420 g/mol. The average Bonchev–Trinajstić information content (AvgIpc) is 2.66. The summed E-state index contributed by atoms with van der Waals surface area (Å²) in [5.74, 6) is -0.185. The van der Waals surface area contributed by atoms with E-state index in [0.717, 1.165) is 29.7 Å². The summed E-state index contributed by atoms with van der Waals surface area (Å²) in [4.78, 5) is 23.8. The summed E-state index contributed by atoms with van der Waals surface area (Å²) < 4.78 is 10.8. The van der Waals surface area contributed by atoms with Crippen molar-refractivity contribution in [3.8, 4) is 5.75 Å². The molecule has 2 aromatic rings. The first-order valence-corrected chi connectivity index (χ1v) is 9.20. The smallest absolute Gasteiger partial charge is 0.337 e. The molecule has 0 spiro atoms. The Labute approximate surface area is 161 Å². The van der Waals surface area contributed by atoms with Gasteiger partial charge >= 0.3 is 5.97 Å². The molecule has 0 atom stereocenters. The van der Waals surface area contributed by atoms with Crippen molar-refractivity contribution in [3.05, 3.63) is 57.6 Å². The minimum atomic E-state index is -0.432. The second-order valence-electron chi connectivity index (χ2n) is 5.63. The van der Waals surface area contributed by atoms with Gasteiger partial charge in [0.05, 0.1) is 17.1 Å². The van der Waals surface area contributed by atoms with Crippen molar-refractivity contribution >= 4 is 33.5 Å². The molecule has 0 heterocycles. The minimum absolute atomic E-state index is 0.128. The fourth-order valence-electron chi connectivity index (χ4n) is 2.58. The lowest BCUT2D eigenvalue weighted by atomic mass is 10.0. The van der Waals surface area contributed by atoms with E-state index >= 15 is 0 Å². The molecular formula is C20H22BrNO4. The number of methoxy groups -OCH3 is 1. The van der Waals surface area contributed by atoms with Crippen LogP contribution in [0, 0.1) is 0 Å². The first kappa shape index (κ1) is 20.0. The molecule has 138 valence electrons. The van der Waals surface area contributed by atoms with E-state index < -0.39 is 5.97 Å². The number of rotatable bonds is 7. The molecule has 0 aromatic heterocycles. The van der Waals surface area contributed by atoms with Crippen molar-refractivity contribution in [1.29, 1.82) is 0 Å². The lowest BCUT2D eigenvalue weighted by Gasteiger charge is -2.15. The Bertz CT molecular complexity index is 782. The van der Waals surface area contributed by atoms with Crippen LogP contribution in [0.3, 0.4) is 0 Å². The third-order valence-corrected chi connectivity index (χ3v) is 4.59. The third-order valence-electron chi connectivity index (χ3n) is 3.98. The number of hydrogen-bond donors (Lipinski definition) is 1. The van der Waals surface area contributed by atoms with Crippen LogP contribution in [0.2, 0.25) is 0 Å². The molecule has 2 aromatic carbocycles. The lowest BCUT2D eigenvalue weighted by Crippen LogP contribution is -2.22. The van der Waals surface area contributed by atoms with E-state index in [9.17, 15) is 9.59 Å². The van der Waals surface area contributed by atoms with E-state index in [-0.39, 0.29) is 12.5 Å². The van der Waals surface area contributed by atoms with Crippen molar-refractivity contribution in [2.75, 3.05) is 19.0 Å². The maximum atomic E-state index is 12.3. The molecule has 1 amide bonds. The molecule has 0 bridgehead atoms. The van der Waals surface area contributed by atoms with Gasteiger partial charge in [-0.25, -0.2) is 4.79 Å². The second kappa shape index (κ2) is 9.38. The molecule has 0 unspecified atom stereocenters. The molecule has 0 aliphatic rings. The molecule has 0 fully saturated rings. The van der Waals surface area contributed by atoms with E-state index in [1.165, 1.54) is 7.11 Å². The zero-order valence-electron chi connectivity index (χ0n) is 15.1. The molecule has 6 heteroatoms.